The minimum Gasteiger partial charge on any atom is -0.461 e. The Morgan fingerprint density at radius 3 is 2.73 bits per heavy atom. The number of rotatable bonds is 4. The van der Waals surface area contributed by atoms with Crippen LogP contribution in [0.2, 0.25) is 0 Å². The van der Waals surface area contributed by atoms with E-state index in [2.05, 4.69) is 0 Å². The van der Waals surface area contributed by atoms with E-state index in [1.807, 2.05) is 0 Å². The molecule has 0 radical (unpaired) electrons. The third-order valence-electron chi connectivity index (χ3n) is 2.02. The summed E-state index contributed by atoms with van der Waals surface area (Å²) in [5, 5.41) is 18.3. The van der Waals surface area contributed by atoms with Crippen LogP contribution in [0.3, 0.4) is 0 Å². The van der Waals surface area contributed by atoms with E-state index in [0.29, 0.717) is 11.1 Å². The largest absolute Gasteiger partial charge is 0.461 e. The molecule has 4 nitrogen and oxygen atoms in total. The van der Waals surface area contributed by atoms with Crippen LogP contribution in [0.5, 0.6) is 0 Å². The number of hydrogen-bond donors (Lipinski definition) is 2. The van der Waals surface area contributed by atoms with Gasteiger partial charge >= 0.3 is 5.97 Å². The number of carbonyl (C=O) groups is 1. The molecule has 1 atom stereocenters. The van der Waals surface area contributed by atoms with Crippen molar-refractivity contribution in [1.82, 2.24) is 0 Å². The summed E-state index contributed by atoms with van der Waals surface area (Å²) < 4.78 is 4.83. The minimum absolute atomic E-state index is 0.114. The summed E-state index contributed by atoms with van der Waals surface area (Å²) in [6, 6.07) is 6.98. The Bertz CT molecular complexity index is 335. The fourth-order valence-electron chi connectivity index (χ4n) is 1.27. The highest BCUT2D eigenvalue weighted by Crippen LogP contribution is 2.18. The lowest BCUT2D eigenvalue weighted by Gasteiger charge is -2.13. The highest BCUT2D eigenvalue weighted by Gasteiger charge is 2.11. The van der Waals surface area contributed by atoms with E-state index in [-0.39, 0.29) is 19.2 Å². The molecule has 2 N–H and O–H groups in total. The van der Waals surface area contributed by atoms with E-state index < -0.39 is 6.10 Å². The highest BCUT2D eigenvalue weighted by atomic mass is 16.5. The summed E-state index contributed by atoms with van der Waals surface area (Å²) in [7, 11) is 0. The van der Waals surface area contributed by atoms with Crippen LogP contribution in [0.15, 0.2) is 24.3 Å². The van der Waals surface area contributed by atoms with Gasteiger partial charge in [-0.25, -0.2) is 0 Å². The second-order valence-electron chi connectivity index (χ2n) is 3.18. The summed E-state index contributed by atoms with van der Waals surface area (Å²) in [5.41, 5.74) is 1.29. The Hall–Kier alpha value is -1.39. The molecule has 0 aliphatic heterocycles. The lowest BCUT2D eigenvalue weighted by atomic mass is 10.0. The molecule has 0 amide bonds. The van der Waals surface area contributed by atoms with Crippen molar-refractivity contribution in [3.63, 3.8) is 0 Å². The van der Waals surface area contributed by atoms with Crippen molar-refractivity contribution >= 4 is 5.97 Å². The van der Waals surface area contributed by atoms with E-state index in [1.165, 1.54) is 6.92 Å². The third kappa shape index (κ3) is 3.34. The maximum atomic E-state index is 10.6. The van der Waals surface area contributed by atoms with E-state index in [4.69, 9.17) is 9.84 Å². The summed E-state index contributed by atoms with van der Waals surface area (Å²) in [5.74, 6) is -0.372. The van der Waals surface area contributed by atoms with Crippen LogP contribution in [0.4, 0.5) is 0 Å². The van der Waals surface area contributed by atoms with Gasteiger partial charge in [-0.3, -0.25) is 4.79 Å². The van der Waals surface area contributed by atoms with Gasteiger partial charge < -0.3 is 14.9 Å². The number of esters is 1. The SMILES string of the molecule is CC(=O)OCc1ccccc1C(O)CO. The van der Waals surface area contributed by atoms with Crippen molar-refractivity contribution in [2.45, 2.75) is 19.6 Å². The topological polar surface area (TPSA) is 66.8 Å². The van der Waals surface area contributed by atoms with E-state index in [1.54, 1.807) is 24.3 Å². The molecule has 0 saturated heterocycles. The molecule has 4 heteroatoms. The zero-order valence-corrected chi connectivity index (χ0v) is 8.51. The quantitative estimate of drug-likeness (QED) is 0.720. The number of carbonyl (C=O) groups excluding carboxylic acids is 1. The fraction of sp³-hybridized carbons (Fsp3) is 0.364. The first kappa shape index (κ1) is 11.7. The predicted molar refractivity (Wildman–Crippen MR) is 54.0 cm³/mol. The van der Waals surface area contributed by atoms with Crippen molar-refractivity contribution in [2.75, 3.05) is 6.61 Å². The average molecular weight is 210 g/mol. The van der Waals surface area contributed by atoms with Crippen LogP contribution >= 0.6 is 0 Å². The molecular formula is C11H14O4. The van der Waals surface area contributed by atoms with Crippen LogP contribution in [0.1, 0.15) is 24.2 Å². The van der Waals surface area contributed by atoms with Gasteiger partial charge in [-0.05, 0) is 11.1 Å². The first-order valence-electron chi connectivity index (χ1n) is 4.65. The summed E-state index contributed by atoms with van der Waals surface area (Å²) in [6.07, 6.45) is -0.934. The van der Waals surface area contributed by atoms with Gasteiger partial charge in [-0.2, -0.15) is 0 Å². The van der Waals surface area contributed by atoms with Crippen LogP contribution in [-0.2, 0) is 16.1 Å². The van der Waals surface area contributed by atoms with Crippen molar-refractivity contribution in [2.24, 2.45) is 0 Å². The van der Waals surface area contributed by atoms with Crippen molar-refractivity contribution < 1.29 is 19.7 Å². The second kappa shape index (κ2) is 5.48. The second-order valence-corrected chi connectivity index (χ2v) is 3.18. The van der Waals surface area contributed by atoms with Gasteiger partial charge in [0.15, 0.2) is 0 Å². The molecule has 0 aliphatic rings. The first-order valence-corrected chi connectivity index (χ1v) is 4.65. The molecular weight excluding hydrogens is 196 g/mol. The Balaban J connectivity index is 2.81. The normalized spacial score (nSPS) is 12.2. The maximum absolute atomic E-state index is 10.6. The first-order chi connectivity index (χ1) is 7.15. The molecule has 1 rings (SSSR count). The predicted octanol–water partition coefficient (Wildman–Crippen LogP) is 0.775. The number of aliphatic hydroxyl groups is 2. The van der Waals surface area contributed by atoms with Gasteiger partial charge in [0.05, 0.1) is 6.61 Å². The molecule has 0 spiro atoms. The summed E-state index contributed by atoms with van der Waals surface area (Å²) >= 11 is 0. The van der Waals surface area contributed by atoms with Crippen LogP contribution in [0.25, 0.3) is 0 Å². The van der Waals surface area contributed by atoms with Gasteiger partial charge in [0.1, 0.15) is 12.7 Å². The van der Waals surface area contributed by atoms with E-state index in [9.17, 15) is 9.90 Å². The maximum Gasteiger partial charge on any atom is 0.302 e. The van der Waals surface area contributed by atoms with E-state index >= 15 is 0 Å². The number of ether oxygens (including phenoxy) is 1. The van der Waals surface area contributed by atoms with Gasteiger partial charge in [-0.1, -0.05) is 24.3 Å². The molecule has 0 saturated carbocycles. The van der Waals surface area contributed by atoms with Crippen LogP contribution in [-0.4, -0.2) is 22.8 Å². The third-order valence-corrected chi connectivity index (χ3v) is 2.02. The zero-order chi connectivity index (χ0) is 11.3. The van der Waals surface area contributed by atoms with Crippen LogP contribution in [0, 0.1) is 0 Å². The summed E-state index contributed by atoms with van der Waals surface area (Å²) in [6.45, 7) is 1.09. The van der Waals surface area contributed by atoms with Gasteiger partial charge in [0, 0.05) is 6.92 Å². The molecule has 1 unspecified atom stereocenters. The molecule has 0 bridgehead atoms. The number of aliphatic hydroxyl groups excluding tert-OH is 2. The zero-order valence-electron chi connectivity index (χ0n) is 8.51. The highest BCUT2D eigenvalue weighted by molar-refractivity contribution is 5.65. The number of hydrogen-bond acceptors (Lipinski definition) is 4. The van der Waals surface area contributed by atoms with Crippen molar-refractivity contribution in [1.29, 1.82) is 0 Å². The Kier molecular flexibility index (Phi) is 4.27. The fourth-order valence-corrected chi connectivity index (χ4v) is 1.27. The minimum atomic E-state index is -0.934. The Morgan fingerprint density at radius 2 is 2.13 bits per heavy atom. The van der Waals surface area contributed by atoms with Crippen molar-refractivity contribution in [3.05, 3.63) is 35.4 Å². The van der Waals surface area contributed by atoms with Crippen molar-refractivity contribution in [3.8, 4) is 0 Å². The van der Waals surface area contributed by atoms with Crippen LogP contribution < -0.4 is 0 Å². The molecule has 0 fully saturated rings. The Labute approximate surface area is 88.1 Å². The standard InChI is InChI=1S/C11H14O4/c1-8(13)15-7-9-4-2-3-5-10(9)11(14)6-12/h2-5,11-12,14H,6-7H2,1H3. The average Bonchev–Trinajstić information content (AvgIpc) is 2.25. The smallest absolute Gasteiger partial charge is 0.302 e. The molecule has 0 aliphatic carbocycles. The number of benzene rings is 1. The van der Waals surface area contributed by atoms with Gasteiger partial charge in [0.25, 0.3) is 0 Å². The van der Waals surface area contributed by atoms with E-state index in [0.717, 1.165) is 0 Å². The molecule has 15 heavy (non-hydrogen) atoms. The molecule has 0 aromatic heterocycles. The lowest BCUT2D eigenvalue weighted by Crippen LogP contribution is -2.08. The Morgan fingerprint density at radius 1 is 1.47 bits per heavy atom. The molecule has 0 heterocycles. The monoisotopic (exact) mass is 210 g/mol. The molecule has 82 valence electrons. The lowest BCUT2D eigenvalue weighted by molar-refractivity contribution is -0.142. The van der Waals surface area contributed by atoms with Gasteiger partial charge in [-0.15, -0.1) is 0 Å². The molecule has 1 aromatic carbocycles. The summed E-state index contributed by atoms with van der Waals surface area (Å²) in [4.78, 5) is 10.6. The molecule has 1 aromatic rings. The van der Waals surface area contributed by atoms with Gasteiger partial charge in [0.2, 0.25) is 0 Å².